The Hall–Kier alpha value is -0.990. The number of aliphatic hydroxyl groups is 1. The smallest absolute Gasteiger partial charge is 0.387 e. The molecule has 6 atom stereocenters. The molecule has 2 aliphatic heterocycles. The molecule has 19 heteroatoms. The Balaban J connectivity index is 2.15. The highest BCUT2D eigenvalue weighted by Crippen LogP contribution is 2.66. The lowest BCUT2D eigenvalue weighted by atomic mass is 9.94. The molecule has 1 amide bonds. The lowest BCUT2D eigenvalue weighted by Crippen LogP contribution is -2.45. The molecule has 0 aromatic heterocycles. The molecule has 0 radical (unpaired) electrons. The molecule has 1 saturated heterocycles. The Labute approximate surface area is 174 Å². The van der Waals surface area contributed by atoms with Crippen LogP contribution in [0.4, 0.5) is 4.39 Å². The summed E-state index contributed by atoms with van der Waals surface area (Å²) in [6.07, 6.45) is -3.62. The van der Waals surface area contributed by atoms with E-state index >= 15 is 0 Å². The summed E-state index contributed by atoms with van der Waals surface area (Å²) in [4.78, 5) is 48.1. The van der Waals surface area contributed by atoms with Gasteiger partial charge in [0.25, 0.3) is 5.91 Å². The van der Waals surface area contributed by atoms with Crippen molar-refractivity contribution in [3.8, 4) is 0 Å². The summed E-state index contributed by atoms with van der Waals surface area (Å²) in [6.45, 7) is 3.87. The first kappa shape index (κ1) is 26.3. The third kappa shape index (κ3) is 6.51. The molecular formula is C12H20FN2O13P3. The molecule has 31 heavy (non-hydrogen) atoms. The number of halogens is 1. The van der Waals surface area contributed by atoms with Gasteiger partial charge in [0.05, 0.1) is 6.61 Å². The molecule has 0 bridgehead atoms. The van der Waals surface area contributed by atoms with Crippen LogP contribution >= 0.6 is 23.5 Å². The van der Waals surface area contributed by atoms with Crippen molar-refractivity contribution in [2.75, 3.05) is 6.61 Å². The lowest BCUT2D eigenvalue weighted by Gasteiger charge is -2.34. The van der Waals surface area contributed by atoms with Crippen LogP contribution in [-0.2, 0) is 36.4 Å². The zero-order valence-electron chi connectivity index (χ0n) is 15.7. The van der Waals surface area contributed by atoms with Gasteiger partial charge in [0.15, 0.2) is 12.4 Å². The first-order valence-corrected chi connectivity index (χ1v) is 12.8. The SMILES string of the molecule is C=C1NC(=O)C=CN1[C@@H]1O[C@](CC)(COP(=O)(O)OP(=O)(O)OP(=O)(O)O)[C@@H](O)[C@H]1F. The molecule has 0 saturated carbocycles. The molecule has 0 aromatic carbocycles. The number of alkyl halides is 1. The number of phosphoric acid groups is 3. The Morgan fingerprint density at radius 1 is 1.26 bits per heavy atom. The molecule has 0 spiro atoms. The van der Waals surface area contributed by atoms with Crippen LogP contribution in [0.5, 0.6) is 0 Å². The number of nitrogens with zero attached hydrogens (tertiary/aromatic N) is 1. The second-order valence-electron chi connectivity index (χ2n) is 6.34. The Morgan fingerprint density at radius 2 is 1.87 bits per heavy atom. The van der Waals surface area contributed by atoms with Gasteiger partial charge in [-0.2, -0.15) is 8.62 Å². The van der Waals surface area contributed by atoms with Gasteiger partial charge in [0.1, 0.15) is 17.5 Å². The number of hydrogen-bond acceptors (Lipinski definition) is 10. The topological polar surface area (TPSA) is 222 Å². The molecular weight excluding hydrogens is 492 g/mol. The molecule has 178 valence electrons. The summed E-state index contributed by atoms with van der Waals surface area (Å²) in [5, 5.41) is 12.6. The summed E-state index contributed by atoms with van der Waals surface area (Å²) in [5.74, 6) is -0.614. The van der Waals surface area contributed by atoms with Gasteiger partial charge in [-0.3, -0.25) is 9.32 Å². The van der Waals surface area contributed by atoms with E-state index < -0.39 is 60.1 Å². The highest BCUT2D eigenvalue weighted by Gasteiger charge is 2.57. The fourth-order valence-electron chi connectivity index (χ4n) is 2.76. The quantitative estimate of drug-likeness (QED) is 0.223. The number of ether oxygens (including phenoxy) is 1. The summed E-state index contributed by atoms with van der Waals surface area (Å²) >= 11 is 0. The molecule has 6 N–H and O–H groups in total. The number of hydrogen-bond donors (Lipinski definition) is 6. The largest absolute Gasteiger partial charge is 0.490 e. The van der Waals surface area contributed by atoms with E-state index in [0.29, 0.717) is 0 Å². The number of carbonyl (C=O) groups is 1. The van der Waals surface area contributed by atoms with Crippen LogP contribution in [0.3, 0.4) is 0 Å². The summed E-state index contributed by atoms with van der Waals surface area (Å²) in [6, 6.07) is 0. The lowest BCUT2D eigenvalue weighted by molar-refractivity contribution is -0.136. The van der Waals surface area contributed by atoms with Crippen molar-refractivity contribution in [3.63, 3.8) is 0 Å². The number of phosphoric ester groups is 1. The van der Waals surface area contributed by atoms with E-state index in [-0.39, 0.29) is 12.2 Å². The van der Waals surface area contributed by atoms with E-state index in [4.69, 9.17) is 19.4 Å². The van der Waals surface area contributed by atoms with Gasteiger partial charge in [0, 0.05) is 12.3 Å². The van der Waals surface area contributed by atoms with Crippen LogP contribution in [0, 0.1) is 0 Å². The van der Waals surface area contributed by atoms with E-state index in [1.165, 1.54) is 6.92 Å². The Bertz CT molecular complexity index is 908. The third-order valence-electron chi connectivity index (χ3n) is 4.19. The monoisotopic (exact) mass is 512 g/mol. The zero-order chi connectivity index (χ0) is 23.8. The van der Waals surface area contributed by atoms with Gasteiger partial charge in [-0.1, -0.05) is 13.5 Å². The van der Waals surface area contributed by atoms with E-state index in [1.54, 1.807) is 0 Å². The molecule has 0 aromatic rings. The Kier molecular flexibility index (Phi) is 7.71. The van der Waals surface area contributed by atoms with Crippen LogP contribution in [0.25, 0.3) is 0 Å². The van der Waals surface area contributed by atoms with Crippen molar-refractivity contribution in [1.82, 2.24) is 10.2 Å². The van der Waals surface area contributed by atoms with Crippen molar-refractivity contribution >= 4 is 29.4 Å². The minimum Gasteiger partial charge on any atom is -0.387 e. The van der Waals surface area contributed by atoms with Gasteiger partial charge >= 0.3 is 23.5 Å². The van der Waals surface area contributed by atoms with Gasteiger partial charge in [-0.15, -0.1) is 0 Å². The van der Waals surface area contributed by atoms with Crippen molar-refractivity contribution in [2.45, 2.75) is 37.4 Å². The Morgan fingerprint density at radius 3 is 2.39 bits per heavy atom. The van der Waals surface area contributed by atoms with Crippen molar-refractivity contribution in [1.29, 1.82) is 0 Å². The predicted molar refractivity (Wildman–Crippen MR) is 96.9 cm³/mol. The highest BCUT2D eigenvalue weighted by molar-refractivity contribution is 7.66. The molecule has 2 rings (SSSR count). The third-order valence-corrected chi connectivity index (χ3v) is 7.98. The average Bonchev–Trinajstić information content (AvgIpc) is 2.82. The molecule has 0 aliphatic carbocycles. The van der Waals surface area contributed by atoms with Crippen molar-refractivity contribution in [2.24, 2.45) is 0 Å². The molecule has 1 fully saturated rings. The molecule has 2 heterocycles. The zero-order valence-corrected chi connectivity index (χ0v) is 18.4. The highest BCUT2D eigenvalue weighted by atomic mass is 31.3. The summed E-state index contributed by atoms with van der Waals surface area (Å²) in [5.41, 5.74) is -1.97. The minimum absolute atomic E-state index is 0.0767. The number of aliphatic hydroxyl groups excluding tert-OH is 1. The standard InChI is InChI=1S/C12H20FN2O13P3/c1-3-12(6-25-30(21,22)28-31(23,24)27-29(18,19)20)10(17)9(13)11(26-12)15-5-4-8(16)14-7(15)2/h4-5,9-11,17H,2-3,6H2,1H3,(H,14,16)(H,21,22)(H,23,24)(H2,18,19,20)/t9-,10+,11-,12-/m1/s1. The van der Waals surface area contributed by atoms with E-state index in [1.807, 2.05) is 0 Å². The van der Waals surface area contributed by atoms with E-state index in [2.05, 4.69) is 25.0 Å². The van der Waals surface area contributed by atoms with Gasteiger partial charge in [-0.25, -0.2) is 18.1 Å². The second kappa shape index (κ2) is 9.10. The van der Waals surface area contributed by atoms with E-state index in [0.717, 1.165) is 17.2 Å². The minimum atomic E-state index is -5.75. The fourth-order valence-corrected chi connectivity index (χ4v) is 5.84. The molecule has 2 unspecified atom stereocenters. The van der Waals surface area contributed by atoms with Crippen LogP contribution in [0.15, 0.2) is 24.7 Å². The normalized spacial score (nSPS) is 33.1. The number of carbonyl (C=O) groups excluding carboxylic acids is 1. The predicted octanol–water partition coefficient (Wildman–Crippen LogP) is -0.0495. The van der Waals surface area contributed by atoms with Gasteiger partial charge in [0.2, 0.25) is 0 Å². The maximum atomic E-state index is 14.8. The number of nitrogens with one attached hydrogen (secondary N) is 1. The van der Waals surface area contributed by atoms with Crippen LogP contribution < -0.4 is 5.32 Å². The number of amides is 1. The summed E-state index contributed by atoms with van der Waals surface area (Å²) < 4.78 is 65.9. The molecule has 15 nitrogen and oxygen atoms in total. The van der Waals surface area contributed by atoms with Crippen LogP contribution in [0.1, 0.15) is 13.3 Å². The maximum Gasteiger partial charge on any atom is 0.490 e. The van der Waals surface area contributed by atoms with Crippen molar-refractivity contribution in [3.05, 3.63) is 24.7 Å². The van der Waals surface area contributed by atoms with Crippen LogP contribution in [0.2, 0.25) is 0 Å². The fraction of sp³-hybridized carbons (Fsp3) is 0.583. The van der Waals surface area contributed by atoms with Gasteiger partial charge < -0.3 is 39.6 Å². The summed E-state index contributed by atoms with van der Waals surface area (Å²) in [7, 11) is -16.8. The maximum absolute atomic E-state index is 14.8. The molecule has 2 aliphatic rings. The van der Waals surface area contributed by atoms with Crippen molar-refractivity contribution < 1.29 is 65.4 Å². The first-order valence-electron chi connectivity index (χ1n) is 8.25. The first-order chi connectivity index (χ1) is 14.0. The van der Waals surface area contributed by atoms with E-state index in [9.17, 15) is 32.9 Å². The average molecular weight is 512 g/mol. The van der Waals surface area contributed by atoms with Gasteiger partial charge in [-0.05, 0) is 6.42 Å². The number of rotatable bonds is 9. The second-order valence-corrected chi connectivity index (χ2v) is 10.8. The van der Waals surface area contributed by atoms with Crippen LogP contribution in [-0.4, -0.2) is 66.2 Å².